The lowest BCUT2D eigenvalue weighted by molar-refractivity contribution is -0.117. The maximum Gasteiger partial charge on any atom is 0.262 e. The highest BCUT2D eigenvalue weighted by Gasteiger charge is 2.33. The van der Waals surface area contributed by atoms with Crippen molar-refractivity contribution in [3.8, 4) is 0 Å². The molecule has 0 fully saturated rings. The molecular formula is C19H22N2O3S. The number of hydrogen-bond acceptors (Lipinski definition) is 3. The predicted octanol–water partition coefficient (Wildman–Crippen LogP) is 3.80. The van der Waals surface area contributed by atoms with Crippen molar-refractivity contribution in [3.63, 3.8) is 0 Å². The zero-order valence-electron chi connectivity index (χ0n) is 14.8. The van der Waals surface area contributed by atoms with E-state index in [0.29, 0.717) is 11.3 Å². The number of hydrogen-bond donors (Lipinski definition) is 2. The van der Waals surface area contributed by atoms with Gasteiger partial charge in [-0.15, -0.1) is 0 Å². The van der Waals surface area contributed by atoms with E-state index in [1.54, 1.807) is 37.3 Å². The predicted molar refractivity (Wildman–Crippen MR) is 99.4 cm³/mol. The highest BCUT2D eigenvalue weighted by Crippen LogP contribution is 2.39. The van der Waals surface area contributed by atoms with Gasteiger partial charge in [-0.2, -0.15) is 0 Å². The minimum atomic E-state index is -3.68. The van der Waals surface area contributed by atoms with Crippen molar-refractivity contribution in [2.45, 2.75) is 38.5 Å². The molecule has 1 atom stereocenters. The summed E-state index contributed by atoms with van der Waals surface area (Å²) in [5, 5.41) is 2.85. The molecule has 5 nitrogen and oxygen atoms in total. The van der Waals surface area contributed by atoms with Crippen LogP contribution < -0.4 is 10.0 Å². The Morgan fingerprint density at radius 3 is 2.44 bits per heavy atom. The van der Waals surface area contributed by atoms with E-state index in [1.807, 2.05) is 26.8 Å². The first kappa shape index (κ1) is 17.5. The lowest BCUT2D eigenvalue weighted by Gasteiger charge is -2.15. The van der Waals surface area contributed by atoms with Crippen LogP contribution in [-0.4, -0.2) is 14.3 Å². The van der Waals surface area contributed by atoms with Crippen LogP contribution in [0, 0.1) is 19.8 Å². The molecule has 25 heavy (non-hydrogen) atoms. The zero-order chi connectivity index (χ0) is 18.4. The van der Waals surface area contributed by atoms with Gasteiger partial charge in [-0.1, -0.05) is 31.5 Å². The van der Waals surface area contributed by atoms with Gasteiger partial charge in [0.05, 0.1) is 10.8 Å². The standard InChI is InChI=1S/C19H22N2O3S/c1-11(2)18-15-10-14(6-7-16(15)20-19(18)22)21-25(23,24)17-8-5-12(3)9-13(17)4/h5-11,18,21H,1-4H3,(H,20,22). The molecule has 1 unspecified atom stereocenters. The summed E-state index contributed by atoms with van der Waals surface area (Å²) < 4.78 is 28.1. The van der Waals surface area contributed by atoms with Gasteiger partial charge in [0.1, 0.15) is 0 Å². The normalized spacial score (nSPS) is 16.7. The van der Waals surface area contributed by atoms with Crippen LogP contribution in [0.25, 0.3) is 0 Å². The van der Waals surface area contributed by atoms with Crippen LogP contribution in [0.5, 0.6) is 0 Å². The summed E-state index contributed by atoms with van der Waals surface area (Å²) in [6.45, 7) is 7.66. The summed E-state index contributed by atoms with van der Waals surface area (Å²) in [6.07, 6.45) is 0. The van der Waals surface area contributed by atoms with Crippen molar-refractivity contribution in [1.82, 2.24) is 0 Å². The van der Waals surface area contributed by atoms with Gasteiger partial charge in [-0.05, 0) is 55.2 Å². The summed E-state index contributed by atoms with van der Waals surface area (Å²) in [5.41, 5.74) is 3.75. The number of sulfonamides is 1. The fourth-order valence-corrected chi connectivity index (χ4v) is 4.60. The number of carbonyl (C=O) groups excluding carboxylic acids is 1. The molecule has 1 aliphatic rings. The van der Waals surface area contributed by atoms with Crippen LogP contribution >= 0.6 is 0 Å². The van der Waals surface area contributed by atoms with Crippen molar-refractivity contribution in [3.05, 3.63) is 53.1 Å². The van der Waals surface area contributed by atoms with Crippen molar-refractivity contribution < 1.29 is 13.2 Å². The van der Waals surface area contributed by atoms with Crippen LogP contribution in [0.2, 0.25) is 0 Å². The van der Waals surface area contributed by atoms with Crippen LogP contribution in [0.15, 0.2) is 41.3 Å². The third kappa shape index (κ3) is 3.26. The Bertz CT molecular complexity index is 949. The Morgan fingerprint density at radius 1 is 1.08 bits per heavy atom. The van der Waals surface area contributed by atoms with Crippen molar-refractivity contribution in [1.29, 1.82) is 0 Å². The van der Waals surface area contributed by atoms with Gasteiger partial charge in [-0.3, -0.25) is 9.52 Å². The molecule has 2 N–H and O–H groups in total. The Labute approximate surface area is 148 Å². The highest BCUT2D eigenvalue weighted by atomic mass is 32.2. The van der Waals surface area contributed by atoms with Gasteiger partial charge in [0.25, 0.3) is 10.0 Å². The van der Waals surface area contributed by atoms with E-state index in [0.717, 1.165) is 16.8 Å². The van der Waals surface area contributed by atoms with E-state index in [-0.39, 0.29) is 22.6 Å². The second-order valence-corrected chi connectivity index (χ2v) is 8.54. The minimum Gasteiger partial charge on any atom is -0.325 e. The topological polar surface area (TPSA) is 75.3 Å². The van der Waals surface area contributed by atoms with E-state index < -0.39 is 10.0 Å². The third-order valence-electron chi connectivity index (χ3n) is 4.47. The molecule has 0 saturated heterocycles. The van der Waals surface area contributed by atoms with Gasteiger partial charge < -0.3 is 5.32 Å². The van der Waals surface area contributed by atoms with E-state index in [2.05, 4.69) is 10.0 Å². The van der Waals surface area contributed by atoms with Gasteiger partial charge in [-0.25, -0.2) is 8.42 Å². The monoisotopic (exact) mass is 358 g/mol. The highest BCUT2D eigenvalue weighted by molar-refractivity contribution is 7.92. The number of fused-ring (bicyclic) bond motifs is 1. The maximum absolute atomic E-state index is 12.7. The molecule has 0 aliphatic carbocycles. The van der Waals surface area contributed by atoms with Gasteiger partial charge in [0, 0.05) is 11.4 Å². The van der Waals surface area contributed by atoms with E-state index in [4.69, 9.17) is 0 Å². The molecule has 0 spiro atoms. The molecule has 0 saturated carbocycles. The largest absolute Gasteiger partial charge is 0.325 e. The molecule has 132 valence electrons. The number of amides is 1. The van der Waals surface area contributed by atoms with E-state index >= 15 is 0 Å². The lowest BCUT2D eigenvalue weighted by atomic mass is 9.89. The summed E-state index contributed by atoms with van der Waals surface area (Å²) in [4.78, 5) is 12.4. The number of nitrogens with one attached hydrogen (secondary N) is 2. The first-order valence-electron chi connectivity index (χ1n) is 8.24. The molecule has 1 amide bonds. The maximum atomic E-state index is 12.7. The van der Waals surface area contributed by atoms with Crippen LogP contribution in [0.4, 0.5) is 11.4 Å². The van der Waals surface area contributed by atoms with Gasteiger partial charge >= 0.3 is 0 Å². The number of rotatable bonds is 4. The Kier molecular flexibility index (Phi) is 4.33. The first-order chi connectivity index (χ1) is 11.7. The lowest BCUT2D eigenvalue weighted by Crippen LogP contribution is -2.17. The smallest absolute Gasteiger partial charge is 0.262 e. The molecule has 3 rings (SSSR count). The fourth-order valence-electron chi connectivity index (χ4n) is 3.32. The second-order valence-electron chi connectivity index (χ2n) is 6.89. The SMILES string of the molecule is Cc1ccc(S(=O)(=O)Nc2ccc3c(c2)C(C(C)C)C(=O)N3)c(C)c1. The number of aryl methyl sites for hydroxylation is 2. The second kappa shape index (κ2) is 6.19. The summed E-state index contributed by atoms with van der Waals surface area (Å²) >= 11 is 0. The fraction of sp³-hybridized carbons (Fsp3) is 0.316. The minimum absolute atomic E-state index is 0.0422. The molecular weight excluding hydrogens is 336 g/mol. The molecule has 0 aromatic heterocycles. The molecule has 1 heterocycles. The molecule has 0 bridgehead atoms. The van der Waals surface area contributed by atoms with E-state index in [9.17, 15) is 13.2 Å². The summed E-state index contributed by atoms with van der Waals surface area (Å²) in [7, 11) is -3.68. The number of anilines is 2. The first-order valence-corrected chi connectivity index (χ1v) is 9.72. The molecule has 0 radical (unpaired) electrons. The van der Waals surface area contributed by atoms with Crippen molar-refractivity contribution >= 4 is 27.3 Å². The number of benzene rings is 2. The van der Waals surface area contributed by atoms with Gasteiger partial charge in [0.2, 0.25) is 5.91 Å². The Balaban J connectivity index is 1.95. The van der Waals surface area contributed by atoms with Crippen molar-refractivity contribution in [2.75, 3.05) is 10.0 Å². The third-order valence-corrected chi connectivity index (χ3v) is 6.01. The van der Waals surface area contributed by atoms with E-state index in [1.165, 1.54) is 0 Å². The van der Waals surface area contributed by atoms with Crippen LogP contribution in [-0.2, 0) is 14.8 Å². The number of carbonyl (C=O) groups is 1. The molecule has 2 aromatic carbocycles. The summed E-state index contributed by atoms with van der Waals surface area (Å²) in [6, 6.07) is 10.4. The molecule has 6 heteroatoms. The quantitative estimate of drug-likeness (QED) is 0.873. The zero-order valence-corrected chi connectivity index (χ0v) is 15.6. The van der Waals surface area contributed by atoms with Crippen LogP contribution in [0.1, 0.15) is 36.5 Å². The Hall–Kier alpha value is -2.34. The van der Waals surface area contributed by atoms with Gasteiger partial charge in [0.15, 0.2) is 0 Å². The van der Waals surface area contributed by atoms with Crippen LogP contribution in [0.3, 0.4) is 0 Å². The average molecular weight is 358 g/mol. The van der Waals surface area contributed by atoms with Crippen molar-refractivity contribution in [2.24, 2.45) is 5.92 Å². The molecule has 2 aromatic rings. The summed E-state index contributed by atoms with van der Waals surface area (Å²) in [5.74, 6) is -0.174. The Morgan fingerprint density at radius 2 is 1.80 bits per heavy atom. The molecule has 1 aliphatic heterocycles. The average Bonchev–Trinajstić information content (AvgIpc) is 2.81.